The molecular formula is C9H12ClN3O2. The zero-order valence-electron chi connectivity index (χ0n) is 8.00. The molecule has 0 aliphatic carbocycles. The maximum atomic E-state index is 10.3. The smallest absolute Gasteiger partial charge is 0.404 e. The molecule has 6 heteroatoms. The van der Waals surface area contributed by atoms with Crippen molar-refractivity contribution >= 4 is 29.1 Å². The lowest BCUT2D eigenvalue weighted by atomic mass is 10.2. The number of primary amides is 1. The van der Waals surface area contributed by atoms with Gasteiger partial charge in [-0.15, -0.1) is 0 Å². The first-order chi connectivity index (χ1) is 7.11. The first-order valence-corrected chi connectivity index (χ1v) is 4.69. The van der Waals surface area contributed by atoms with Crippen LogP contribution >= 0.6 is 11.6 Å². The van der Waals surface area contributed by atoms with Gasteiger partial charge in [0.25, 0.3) is 0 Å². The average molecular weight is 230 g/mol. The summed E-state index contributed by atoms with van der Waals surface area (Å²) in [7, 11) is 0. The SMILES string of the molecule is NC(=O)OCCNc1c(N)cccc1Cl. The van der Waals surface area contributed by atoms with E-state index in [-0.39, 0.29) is 6.61 Å². The number of benzene rings is 1. The lowest BCUT2D eigenvalue weighted by Gasteiger charge is -2.10. The van der Waals surface area contributed by atoms with Gasteiger partial charge in [-0.25, -0.2) is 4.79 Å². The van der Waals surface area contributed by atoms with Gasteiger partial charge in [-0.2, -0.15) is 0 Å². The maximum absolute atomic E-state index is 10.3. The predicted octanol–water partition coefficient (Wildman–Crippen LogP) is 1.43. The molecular weight excluding hydrogens is 218 g/mol. The van der Waals surface area contributed by atoms with Crippen molar-refractivity contribution in [3.63, 3.8) is 0 Å². The van der Waals surface area contributed by atoms with Crippen molar-refractivity contribution in [1.82, 2.24) is 0 Å². The zero-order valence-corrected chi connectivity index (χ0v) is 8.75. The zero-order chi connectivity index (χ0) is 11.3. The van der Waals surface area contributed by atoms with Gasteiger partial charge in [0.1, 0.15) is 6.61 Å². The molecule has 0 fully saturated rings. The van der Waals surface area contributed by atoms with Crippen LogP contribution in [0, 0.1) is 0 Å². The van der Waals surface area contributed by atoms with Crippen LogP contribution in [0.25, 0.3) is 0 Å². The number of carbonyl (C=O) groups is 1. The third kappa shape index (κ3) is 3.55. The highest BCUT2D eigenvalue weighted by molar-refractivity contribution is 6.33. The highest BCUT2D eigenvalue weighted by Gasteiger charge is 2.03. The monoisotopic (exact) mass is 229 g/mol. The Hall–Kier alpha value is -1.62. The van der Waals surface area contributed by atoms with Crippen LogP contribution in [0.15, 0.2) is 18.2 Å². The fraction of sp³-hybridized carbons (Fsp3) is 0.222. The van der Waals surface area contributed by atoms with Crippen molar-refractivity contribution in [2.24, 2.45) is 5.73 Å². The molecule has 0 atom stereocenters. The van der Waals surface area contributed by atoms with Gasteiger partial charge in [-0.1, -0.05) is 17.7 Å². The van der Waals surface area contributed by atoms with Crippen molar-refractivity contribution in [3.05, 3.63) is 23.2 Å². The Kier molecular flexibility index (Phi) is 4.05. The molecule has 0 aliphatic heterocycles. The van der Waals surface area contributed by atoms with Crippen molar-refractivity contribution in [3.8, 4) is 0 Å². The third-order valence-corrected chi connectivity index (χ3v) is 2.01. The molecule has 0 unspecified atom stereocenters. The van der Waals surface area contributed by atoms with E-state index in [0.717, 1.165) is 0 Å². The molecule has 82 valence electrons. The third-order valence-electron chi connectivity index (χ3n) is 1.69. The number of halogens is 1. The molecule has 1 amide bonds. The quantitative estimate of drug-likeness (QED) is 0.538. The molecule has 0 saturated heterocycles. The van der Waals surface area contributed by atoms with Gasteiger partial charge in [0, 0.05) is 6.54 Å². The Morgan fingerprint density at radius 2 is 2.27 bits per heavy atom. The molecule has 0 spiro atoms. The van der Waals surface area contributed by atoms with E-state index < -0.39 is 6.09 Å². The molecule has 5 N–H and O–H groups in total. The van der Waals surface area contributed by atoms with E-state index in [9.17, 15) is 4.79 Å². The molecule has 15 heavy (non-hydrogen) atoms. The van der Waals surface area contributed by atoms with Crippen LogP contribution < -0.4 is 16.8 Å². The molecule has 5 nitrogen and oxygen atoms in total. The summed E-state index contributed by atoms with van der Waals surface area (Å²) in [5.74, 6) is 0. The highest BCUT2D eigenvalue weighted by Crippen LogP contribution is 2.27. The van der Waals surface area contributed by atoms with Crippen LogP contribution in [-0.4, -0.2) is 19.2 Å². The predicted molar refractivity (Wildman–Crippen MR) is 59.9 cm³/mol. The summed E-state index contributed by atoms with van der Waals surface area (Å²) < 4.78 is 4.54. The van der Waals surface area contributed by atoms with Crippen molar-refractivity contribution in [2.75, 3.05) is 24.2 Å². The number of carbonyl (C=O) groups excluding carboxylic acids is 1. The summed E-state index contributed by atoms with van der Waals surface area (Å²) in [6.45, 7) is 0.566. The normalized spacial score (nSPS) is 9.67. The molecule has 0 bridgehead atoms. The standard InChI is InChI=1S/C9H12ClN3O2/c10-6-2-1-3-7(11)8(6)13-4-5-15-9(12)14/h1-3,13H,4-5,11H2,(H2,12,14). The van der Waals surface area contributed by atoms with Gasteiger partial charge in [0.05, 0.1) is 16.4 Å². The van der Waals surface area contributed by atoms with Crippen LogP contribution in [0.3, 0.4) is 0 Å². The summed E-state index contributed by atoms with van der Waals surface area (Å²) in [5.41, 5.74) is 11.7. The van der Waals surface area contributed by atoms with Crippen LogP contribution in [0.4, 0.5) is 16.2 Å². The minimum atomic E-state index is -0.802. The topological polar surface area (TPSA) is 90.4 Å². The van der Waals surface area contributed by atoms with Gasteiger partial charge in [0.15, 0.2) is 0 Å². The molecule has 1 aromatic rings. The number of nitrogens with two attached hydrogens (primary N) is 2. The summed E-state index contributed by atoms with van der Waals surface area (Å²) in [6, 6.07) is 5.20. The molecule has 0 aliphatic rings. The molecule has 0 saturated carbocycles. The Morgan fingerprint density at radius 3 is 2.87 bits per heavy atom. The van der Waals surface area contributed by atoms with E-state index in [1.807, 2.05) is 0 Å². The van der Waals surface area contributed by atoms with Gasteiger partial charge in [-0.05, 0) is 12.1 Å². The Labute approximate surface area is 92.3 Å². The van der Waals surface area contributed by atoms with Crippen molar-refractivity contribution < 1.29 is 9.53 Å². The van der Waals surface area contributed by atoms with Gasteiger partial charge < -0.3 is 21.5 Å². The summed E-state index contributed by atoms with van der Waals surface area (Å²) >= 11 is 5.90. The molecule has 1 aromatic carbocycles. The first-order valence-electron chi connectivity index (χ1n) is 4.31. The second-order valence-corrected chi connectivity index (χ2v) is 3.21. The number of amides is 1. The number of rotatable bonds is 4. The Morgan fingerprint density at radius 1 is 1.53 bits per heavy atom. The van der Waals surface area contributed by atoms with Gasteiger partial charge in [0.2, 0.25) is 0 Å². The van der Waals surface area contributed by atoms with Crippen molar-refractivity contribution in [2.45, 2.75) is 0 Å². The van der Waals surface area contributed by atoms with E-state index in [0.29, 0.717) is 22.9 Å². The van der Waals surface area contributed by atoms with E-state index in [4.69, 9.17) is 23.1 Å². The van der Waals surface area contributed by atoms with Crippen LogP contribution in [0.1, 0.15) is 0 Å². The van der Waals surface area contributed by atoms with E-state index >= 15 is 0 Å². The van der Waals surface area contributed by atoms with E-state index in [1.54, 1.807) is 18.2 Å². The number of hydrogen-bond donors (Lipinski definition) is 3. The number of ether oxygens (including phenoxy) is 1. The van der Waals surface area contributed by atoms with Crippen LogP contribution in [0.2, 0.25) is 5.02 Å². The summed E-state index contributed by atoms with van der Waals surface area (Å²) in [4.78, 5) is 10.3. The Balaban J connectivity index is 2.47. The van der Waals surface area contributed by atoms with E-state index in [2.05, 4.69) is 10.1 Å². The summed E-state index contributed by atoms with van der Waals surface area (Å²) in [6.07, 6.45) is -0.802. The van der Waals surface area contributed by atoms with Crippen LogP contribution in [0.5, 0.6) is 0 Å². The molecule has 0 radical (unpaired) electrons. The van der Waals surface area contributed by atoms with Crippen LogP contribution in [-0.2, 0) is 4.74 Å². The first kappa shape index (κ1) is 11.5. The Bertz CT molecular complexity index is 337. The number of anilines is 2. The second kappa shape index (κ2) is 5.31. The number of nitrogen functional groups attached to an aromatic ring is 1. The fourth-order valence-corrected chi connectivity index (χ4v) is 1.30. The minimum Gasteiger partial charge on any atom is -0.448 e. The number of nitrogens with one attached hydrogen (secondary N) is 1. The average Bonchev–Trinajstić information content (AvgIpc) is 2.15. The second-order valence-electron chi connectivity index (χ2n) is 2.80. The summed E-state index contributed by atoms with van der Waals surface area (Å²) in [5, 5.41) is 3.47. The van der Waals surface area contributed by atoms with Gasteiger partial charge in [-0.3, -0.25) is 0 Å². The maximum Gasteiger partial charge on any atom is 0.404 e. The highest BCUT2D eigenvalue weighted by atomic mass is 35.5. The molecule has 0 aromatic heterocycles. The molecule has 0 heterocycles. The van der Waals surface area contributed by atoms with Gasteiger partial charge >= 0.3 is 6.09 Å². The largest absolute Gasteiger partial charge is 0.448 e. The molecule has 1 rings (SSSR count). The number of para-hydroxylation sites is 1. The van der Waals surface area contributed by atoms with Crippen molar-refractivity contribution in [1.29, 1.82) is 0 Å². The fourth-order valence-electron chi connectivity index (χ4n) is 1.05. The lowest BCUT2D eigenvalue weighted by molar-refractivity contribution is 0.161. The number of hydrogen-bond acceptors (Lipinski definition) is 4. The lowest BCUT2D eigenvalue weighted by Crippen LogP contribution is -2.18. The minimum absolute atomic E-state index is 0.167. The van der Waals surface area contributed by atoms with E-state index in [1.165, 1.54) is 0 Å².